The largest absolute Gasteiger partial charge is 0.453 e. The van der Waals surface area contributed by atoms with Crippen molar-refractivity contribution in [3.63, 3.8) is 0 Å². The van der Waals surface area contributed by atoms with Crippen LogP contribution in [0.1, 0.15) is 139 Å². The van der Waals surface area contributed by atoms with Gasteiger partial charge < -0.3 is 20.1 Å². The van der Waals surface area contributed by atoms with Crippen molar-refractivity contribution in [2.75, 3.05) is 25.2 Å². The number of ether oxygens (including phenoxy) is 2. The average Bonchev–Trinajstić information content (AvgIpc) is 2.98. The first-order valence-corrected chi connectivity index (χ1v) is 18.1. The predicted octanol–water partition coefficient (Wildman–Crippen LogP) is 7.18. The van der Waals surface area contributed by atoms with Crippen LogP contribution >= 0.6 is 0 Å². The van der Waals surface area contributed by atoms with E-state index in [4.69, 9.17) is 9.47 Å². The summed E-state index contributed by atoms with van der Waals surface area (Å²) < 4.78 is 24.3. The predicted molar refractivity (Wildman–Crippen MR) is 170 cm³/mol. The van der Waals surface area contributed by atoms with E-state index in [1.807, 2.05) is 19.2 Å². The Morgan fingerprint density at radius 2 is 1.38 bits per heavy atom. The van der Waals surface area contributed by atoms with Crippen LogP contribution < -0.4 is 15.2 Å². The number of nitrogens with zero attached hydrogens (tertiary/aromatic N) is 1. The molecule has 1 aromatic rings. The molecule has 240 valence electrons. The number of pyridine rings is 1. The van der Waals surface area contributed by atoms with Crippen LogP contribution in [0.25, 0.3) is 0 Å². The molecule has 1 saturated heterocycles. The highest BCUT2D eigenvalue weighted by Crippen LogP contribution is 2.31. The number of aromatic nitrogens is 1. The summed E-state index contributed by atoms with van der Waals surface area (Å²) in [5.41, 5.74) is 2.83. The highest BCUT2D eigenvalue weighted by Gasteiger charge is 2.35. The second kappa shape index (κ2) is 22.4. The van der Waals surface area contributed by atoms with E-state index in [0.29, 0.717) is 18.1 Å². The van der Waals surface area contributed by atoms with Crippen LogP contribution in [0, 0.1) is 0 Å². The Morgan fingerprint density at radius 3 is 1.88 bits per heavy atom. The summed E-state index contributed by atoms with van der Waals surface area (Å²) in [5, 5.41) is 5.65. The van der Waals surface area contributed by atoms with Crippen LogP contribution in [0.5, 0.6) is 0 Å². The van der Waals surface area contributed by atoms with E-state index in [1.54, 1.807) is 0 Å². The lowest BCUT2D eigenvalue weighted by Crippen LogP contribution is -2.44. The van der Waals surface area contributed by atoms with Gasteiger partial charge in [0.25, 0.3) is 0 Å². The molecule has 0 spiro atoms. The first-order chi connectivity index (χ1) is 20.5. The van der Waals surface area contributed by atoms with Crippen molar-refractivity contribution in [3.05, 3.63) is 29.1 Å². The molecule has 0 aliphatic carbocycles. The fourth-order valence-electron chi connectivity index (χ4n) is 5.67. The van der Waals surface area contributed by atoms with Crippen molar-refractivity contribution < 1.29 is 27.8 Å². The fourth-order valence-corrected chi connectivity index (χ4v) is 6.80. The second-order valence-corrected chi connectivity index (χ2v) is 13.2. The van der Waals surface area contributed by atoms with Gasteiger partial charge in [0.1, 0.15) is 19.7 Å². The molecular weight excluding hydrogens is 550 g/mol. The zero-order chi connectivity index (χ0) is 30.4. The maximum absolute atomic E-state index is 12.4. The summed E-state index contributed by atoms with van der Waals surface area (Å²) in [7, 11) is 0.506. The quantitative estimate of drug-likeness (QED) is 0.101. The average molecular weight is 609 g/mol. The normalized spacial score (nSPS) is 16.1. The Bertz CT molecular complexity index is 935. The van der Waals surface area contributed by atoms with Crippen LogP contribution in [0.3, 0.4) is 0 Å². The van der Waals surface area contributed by atoms with Gasteiger partial charge in [0, 0.05) is 52.0 Å². The molecule has 2 heterocycles. The summed E-state index contributed by atoms with van der Waals surface area (Å²) in [5.74, 6) is 1.28. The SMILES string of the molecule is CCCCCCCCCCCCCCCCCCNC(=O)OCc1cc[n+](CC)c(CNC(=O)OC)c1C1CS(=O)C1. The van der Waals surface area contributed by atoms with Crippen molar-refractivity contribution in [1.82, 2.24) is 10.6 Å². The number of unbranched alkanes of at least 4 members (excludes halogenated alkanes) is 15. The Balaban J connectivity index is 1.60. The van der Waals surface area contributed by atoms with E-state index in [2.05, 4.69) is 22.1 Å². The van der Waals surface area contributed by atoms with Gasteiger partial charge in [0.2, 0.25) is 5.69 Å². The Kier molecular flexibility index (Phi) is 19.2. The summed E-state index contributed by atoms with van der Waals surface area (Å²) in [4.78, 5) is 24.1. The van der Waals surface area contributed by atoms with Crippen LogP contribution in [0.2, 0.25) is 0 Å². The number of aryl methyl sites for hydroxylation is 1. The highest BCUT2D eigenvalue weighted by atomic mass is 32.2. The Morgan fingerprint density at radius 1 is 0.833 bits per heavy atom. The lowest BCUT2D eigenvalue weighted by Gasteiger charge is -2.28. The molecule has 42 heavy (non-hydrogen) atoms. The van der Waals surface area contributed by atoms with Gasteiger partial charge in [-0.15, -0.1) is 0 Å². The minimum atomic E-state index is -0.830. The van der Waals surface area contributed by atoms with Crippen molar-refractivity contribution in [1.29, 1.82) is 0 Å². The highest BCUT2D eigenvalue weighted by molar-refractivity contribution is 7.86. The number of methoxy groups -OCH3 is 1. The summed E-state index contributed by atoms with van der Waals surface area (Å²) in [6.07, 6.45) is 22.2. The Hall–Kier alpha value is -2.16. The molecule has 0 bridgehead atoms. The van der Waals surface area contributed by atoms with E-state index in [0.717, 1.165) is 36.2 Å². The maximum Gasteiger partial charge on any atom is 0.407 e. The molecule has 2 amide bonds. The molecule has 9 heteroatoms. The Labute approximate surface area is 257 Å². The first-order valence-electron chi connectivity index (χ1n) is 16.6. The van der Waals surface area contributed by atoms with Crippen LogP contribution in [-0.2, 0) is 40.0 Å². The van der Waals surface area contributed by atoms with Crippen molar-refractivity contribution in [2.24, 2.45) is 0 Å². The number of carbonyl (C=O) groups excluding carboxylic acids is 2. The number of alkyl carbamates (subject to hydrolysis) is 2. The monoisotopic (exact) mass is 608 g/mol. The molecule has 1 fully saturated rings. The lowest BCUT2D eigenvalue weighted by molar-refractivity contribution is -0.701. The third-order valence-corrected chi connectivity index (χ3v) is 9.77. The van der Waals surface area contributed by atoms with Crippen molar-refractivity contribution in [2.45, 2.75) is 142 Å². The number of amides is 2. The van der Waals surface area contributed by atoms with Crippen LogP contribution in [0.4, 0.5) is 9.59 Å². The van der Waals surface area contributed by atoms with E-state index in [1.165, 1.54) is 97.0 Å². The maximum atomic E-state index is 12.4. The molecule has 1 aliphatic heterocycles. The number of rotatable bonds is 23. The molecule has 1 aliphatic rings. The van der Waals surface area contributed by atoms with Gasteiger partial charge in [-0.2, -0.15) is 0 Å². The molecule has 1 aromatic heterocycles. The molecule has 2 N–H and O–H groups in total. The van der Waals surface area contributed by atoms with Crippen LogP contribution in [0.15, 0.2) is 12.3 Å². The summed E-state index contributed by atoms with van der Waals surface area (Å²) in [6.45, 7) is 6.08. The van der Waals surface area contributed by atoms with E-state index >= 15 is 0 Å². The molecule has 0 unspecified atom stereocenters. The van der Waals surface area contributed by atoms with E-state index < -0.39 is 23.0 Å². The number of hydrogen-bond donors (Lipinski definition) is 2. The van der Waals surface area contributed by atoms with E-state index in [-0.39, 0.29) is 19.1 Å². The summed E-state index contributed by atoms with van der Waals surface area (Å²) >= 11 is 0. The van der Waals surface area contributed by atoms with Gasteiger partial charge in [-0.3, -0.25) is 4.21 Å². The second-order valence-electron chi connectivity index (χ2n) is 11.6. The molecule has 0 saturated carbocycles. The molecular formula is C33H58N3O5S+. The topological polar surface area (TPSA) is 97.6 Å². The third-order valence-electron chi connectivity index (χ3n) is 8.23. The lowest BCUT2D eigenvalue weighted by atomic mass is 9.94. The van der Waals surface area contributed by atoms with Gasteiger partial charge in [0.05, 0.1) is 7.11 Å². The first kappa shape index (κ1) is 36.0. The molecule has 2 rings (SSSR count). The number of carbonyl (C=O) groups is 2. The third kappa shape index (κ3) is 14.3. The van der Waals surface area contributed by atoms with Crippen molar-refractivity contribution in [3.8, 4) is 0 Å². The smallest absolute Gasteiger partial charge is 0.407 e. The minimum Gasteiger partial charge on any atom is -0.453 e. The van der Waals surface area contributed by atoms with E-state index in [9.17, 15) is 13.8 Å². The van der Waals surface area contributed by atoms with Gasteiger partial charge in [-0.25, -0.2) is 14.2 Å². The van der Waals surface area contributed by atoms with Gasteiger partial charge in [-0.05, 0) is 13.3 Å². The van der Waals surface area contributed by atoms with Gasteiger partial charge >= 0.3 is 12.2 Å². The number of nitrogens with one attached hydrogen (secondary N) is 2. The summed E-state index contributed by atoms with van der Waals surface area (Å²) in [6, 6.07) is 1.96. The van der Waals surface area contributed by atoms with Crippen LogP contribution in [-0.4, -0.2) is 41.6 Å². The zero-order valence-corrected chi connectivity index (χ0v) is 27.5. The molecule has 0 radical (unpaired) electrons. The molecule has 0 atom stereocenters. The number of hydrogen-bond acceptors (Lipinski definition) is 5. The van der Waals surface area contributed by atoms with Gasteiger partial charge in [0.15, 0.2) is 6.20 Å². The fraction of sp³-hybridized carbons (Fsp3) is 0.788. The van der Waals surface area contributed by atoms with Gasteiger partial charge in [-0.1, -0.05) is 103 Å². The standard InChI is InChI=1S/C33H57N3O5S/c1-4-6-7-8-9-10-11-12-13-14-15-16-17-18-19-20-22-34-33(38)41-25-28-21-23-36(5-2)30(24-35-32(37)40-3)31(28)29-26-42(39)27-29/h21,23,29H,4-20,22,24-27H2,1-3H3,(H-,34,35,37,38)/p+1. The zero-order valence-electron chi connectivity index (χ0n) is 26.7. The minimum absolute atomic E-state index is 0.117. The molecule has 0 aromatic carbocycles. The molecule has 8 nitrogen and oxygen atoms in total. The van der Waals surface area contributed by atoms with Crippen molar-refractivity contribution >= 4 is 23.0 Å².